The summed E-state index contributed by atoms with van der Waals surface area (Å²) in [5, 5.41) is 2.80. The standard InChI is InChI=1S/C27H28F3N5O3S/c1-16-3-10-24(35(16)39(37,38)21-8-6-19(28)7-9-21)25(36)32-14-20-11-22(23(15-31-20)17-4-5-17)18-12-33-26(34-13-18)27(2,29)30/h6-9,11-13,15-17,24H,3-5,10,14H2,1-2H3,(H,32,36)/t16-,24-/m0/s1. The normalized spacial score (nSPS) is 20.2. The number of sulfonamides is 1. The van der Waals surface area contributed by atoms with Crippen LogP contribution in [0.2, 0.25) is 0 Å². The Morgan fingerprint density at radius 3 is 2.33 bits per heavy atom. The van der Waals surface area contributed by atoms with Gasteiger partial charge in [0.2, 0.25) is 15.9 Å². The van der Waals surface area contributed by atoms with E-state index < -0.39 is 45.6 Å². The second-order valence-corrected chi connectivity index (χ2v) is 12.0. The first-order chi connectivity index (χ1) is 18.4. The number of halogens is 3. The largest absolute Gasteiger partial charge is 0.349 e. The molecular weight excluding hydrogens is 531 g/mol. The lowest BCUT2D eigenvalue weighted by Gasteiger charge is -2.27. The minimum atomic E-state index is -4.02. The monoisotopic (exact) mass is 559 g/mol. The second kappa shape index (κ2) is 10.3. The lowest BCUT2D eigenvalue weighted by Crippen LogP contribution is -2.48. The van der Waals surface area contributed by atoms with Crippen LogP contribution in [0.5, 0.6) is 0 Å². The molecule has 0 spiro atoms. The molecular formula is C27H28F3N5O3S. The summed E-state index contributed by atoms with van der Waals surface area (Å²) < 4.78 is 68.3. The van der Waals surface area contributed by atoms with Gasteiger partial charge in [-0.1, -0.05) is 0 Å². The van der Waals surface area contributed by atoms with E-state index >= 15 is 0 Å². The summed E-state index contributed by atoms with van der Waals surface area (Å²) in [7, 11) is -4.02. The summed E-state index contributed by atoms with van der Waals surface area (Å²) in [6.45, 7) is 2.51. The second-order valence-electron chi connectivity index (χ2n) is 10.2. The van der Waals surface area contributed by atoms with Crippen LogP contribution in [0.1, 0.15) is 62.5 Å². The van der Waals surface area contributed by atoms with Gasteiger partial charge in [-0.05, 0) is 80.0 Å². The van der Waals surface area contributed by atoms with Crippen molar-refractivity contribution in [2.75, 3.05) is 0 Å². The zero-order valence-corrected chi connectivity index (χ0v) is 22.3. The minimum absolute atomic E-state index is 0.0398. The first kappa shape index (κ1) is 27.2. The molecule has 12 heteroatoms. The molecule has 8 nitrogen and oxygen atoms in total. The number of rotatable bonds is 8. The van der Waals surface area contributed by atoms with Gasteiger partial charge in [0.1, 0.15) is 11.9 Å². The van der Waals surface area contributed by atoms with E-state index in [9.17, 15) is 26.4 Å². The molecule has 1 amide bonds. The molecule has 2 aromatic heterocycles. The predicted molar refractivity (Wildman–Crippen MR) is 137 cm³/mol. The summed E-state index contributed by atoms with van der Waals surface area (Å²) in [5.41, 5.74) is 2.82. The number of aromatic nitrogens is 3. The number of alkyl halides is 2. The van der Waals surface area contributed by atoms with Crippen LogP contribution in [0.15, 0.2) is 53.8 Å². The maximum Gasteiger partial charge on any atom is 0.303 e. The van der Waals surface area contributed by atoms with Gasteiger partial charge in [-0.3, -0.25) is 9.78 Å². The van der Waals surface area contributed by atoms with E-state index in [4.69, 9.17) is 0 Å². The molecule has 2 aliphatic rings. The molecule has 1 aromatic carbocycles. The van der Waals surface area contributed by atoms with Gasteiger partial charge in [-0.25, -0.2) is 22.8 Å². The lowest BCUT2D eigenvalue weighted by molar-refractivity contribution is -0.124. The number of hydrogen-bond donors (Lipinski definition) is 1. The van der Waals surface area contributed by atoms with E-state index in [0.717, 1.165) is 43.0 Å². The third-order valence-corrected chi connectivity index (χ3v) is 9.14. The Hall–Kier alpha value is -3.38. The smallest absolute Gasteiger partial charge is 0.303 e. The molecule has 3 heterocycles. The van der Waals surface area contributed by atoms with Crippen molar-refractivity contribution in [3.8, 4) is 11.1 Å². The minimum Gasteiger partial charge on any atom is -0.349 e. The van der Waals surface area contributed by atoms with E-state index in [1.807, 2.05) is 0 Å². The van der Waals surface area contributed by atoms with Crippen LogP contribution in [-0.4, -0.2) is 45.7 Å². The Morgan fingerprint density at radius 1 is 1.05 bits per heavy atom. The van der Waals surface area contributed by atoms with Gasteiger partial charge < -0.3 is 5.32 Å². The van der Waals surface area contributed by atoms with E-state index in [2.05, 4.69) is 20.3 Å². The van der Waals surface area contributed by atoms with Gasteiger partial charge >= 0.3 is 5.92 Å². The molecule has 1 saturated heterocycles. The Labute approximate surface area is 224 Å². The van der Waals surface area contributed by atoms with Crippen LogP contribution in [0, 0.1) is 5.82 Å². The Balaban J connectivity index is 1.34. The van der Waals surface area contributed by atoms with Crippen LogP contribution in [-0.2, 0) is 27.3 Å². The summed E-state index contributed by atoms with van der Waals surface area (Å²) >= 11 is 0. The third-order valence-electron chi connectivity index (χ3n) is 7.10. The van der Waals surface area contributed by atoms with Crippen molar-refractivity contribution in [2.24, 2.45) is 0 Å². The molecule has 0 bridgehead atoms. The van der Waals surface area contributed by atoms with Gasteiger partial charge in [0.25, 0.3) is 0 Å². The highest BCUT2D eigenvalue weighted by atomic mass is 32.2. The maximum atomic E-state index is 13.6. The summed E-state index contributed by atoms with van der Waals surface area (Å²) in [4.78, 5) is 25.3. The number of nitrogens with zero attached hydrogens (tertiary/aromatic N) is 4. The van der Waals surface area contributed by atoms with Gasteiger partial charge in [0.05, 0.1) is 17.1 Å². The fraction of sp³-hybridized carbons (Fsp3) is 0.407. The summed E-state index contributed by atoms with van der Waals surface area (Å²) in [5.74, 6) is -4.41. The number of nitrogens with one attached hydrogen (secondary N) is 1. The van der Waals surface area contributed by atoms with Crippen molar-refractivity contribution in [1.82, 2.24) is 24.6 Å². The fourth-order valence-electron chi connectivity index (χ4n) is 4.90. The van der Waals surface area contributed by atoms with Gasteiger partial charge in [0.15, 0.2) is 5.82 Å². The molecule has 0 radical (unpaired) electrons. The molecule has 1 aliphatic carbocycles. The molecule has 206 valence electrons. The average molecular weight is 560 g/mol. The number of benzene rings is 1. The zero-order chi connectivity index (χ0) is 27.9. The number of pyridine rings is 1. The van der Waals surface area contributed by atoms with Crippen LogP contribution >= 0.6 is 0 Å². The van der Waals surface area contributed by atoms with E-state index in [-0.39, 0.29) is 11.4 Å². The van der Waals surface area contributed by atoms with Crippen LogP contribution in [0.4, 0.5) is 13.2 Å². The van der Waals surface area contributed by atoms with Crippen molar-refractivity contribution >= 4 is 15.9 Å². The van der Waals surface area contributed by atoms with Gasteiger partial charge in [-0.2, -0.15) is 13.1 Å². The third kappa shape index (κ3) is 5.67. The topological polar surface area (TPSA) is 105 Å². The number of carbonyl (C=O) groups is 1. The van der Waals surface area contributed by atoms with Crippen LogP contribution < -0.4 is 5.32 Å². The van der Waals surface area contributed by atoms with Crippen molar-refractivity contribution in [1.29, 1.82) is 0 Å². The van der Waals surface area contributed by atoms with Crippen LogP contribution in [0.25, 0.3) is 11.1 Å². The van der Waals surface area contributed by atoms with Crippen LogP contribution in [0.3, 0.4) is 0 Å². The average Bonchev–Trinajstić information content (AvgIpc) is 3.67. The SMILES string of the molecule is C[C@H]1CC[C@@H](C(=O)NCc2cc(-c3cnc(C(C)(F)F)nc3)c(C3CC3)cn2)N1S(=O)(=O)c1ccc(F)cc1. The fourth-order valence-corrected chi connectivity index (χ4v) is 6.74. The summed E-state index contributed by atoms with van der Waals surface area (Å²) in [6.07, 6.45) is 7.29. The quantitative estimate of drug-likeness (QED) is 0.435. The molecule has 3 aromatic rings. The van der Waals surface area contributed by atoms with E-state index in [0.29, 0.717) is 30.0 Å². The van der Waals surface area contributed by atoms with Gasteiger partial charge in [-0.15, -0.1) is 0 Å². The highest BCUT2D eigenvalue weighted by molar-refractivity contribution is 7.89. The van der Waals surface area contributed by atoms with Gasteiger partial charge in [0, 0.05) is 37.1 Å². The number of hydrogen-bond acceptors (Lipinski definition) is 6. The first-order valence-corrected chi connectivity index (χ1v) is 14.2. The van der Waals surface area contributed by atoms with E-state index in [1.54, 1.807) is 19.2 Å². The highest BCUT2D eigenvalue weighted by Crippen LogP contribution is 2.44. The van der Waals surface area contributed by atoms with Crippen molar-refractivity contribution in [3.63, 3.8) is 0 Å². The molecule has 2 atom stereocenters. The Kier molecular flexibility index (Phi) is 7.19. The molecule has 0 unspecified atom stereocenters. The number of carbonyl (C=O) groups excluding carboxylic acids is 1. The summed E-state index contributed by atoms with van der Waals surface area (Å²) in [6, 6.07) is 4.98. The Bertz CT molecular complexity index is 1470. The van der Waals surface area contributed by atoms with E-state index in [1.165, 1.54) is 28.8 Å². The molecule has 1 saturated carbocycles. The predicted octanol–water partition coefficient (Wildman–Crippen LogP) is 4.52. The maximum absolute atomic E-state index is 13.6. The zero-order valence-electron chi connectivity index (χ0n) is 21.4. The van der Waals surface area contributed by atoms with Crippen molar-refractivity contribution < 1.29 is 26.4 Å². The number of amides is 1. The molecule has 1 aliphatic heterocycles. The van der Waals surface area contributed by atoms with Crippen molar-refractivity contribution in [2.45, 2.75) is 74.9 Å². The molecule has 39 heavy (non-hydrogen) atoms. The first-order valence-electron chi connectivity index (χ1n) is 12.7. The lowest BCUT2D eigenvalue weighted by atomic mass is 10.00. The molecule has 1 N–H and O–H groups in total. The van der Waals surface area contributed by atoms with Crippen molar-refractivity contribution in [3.05, 3.63) is 71.8 Å². The highest BCUT2D eigenvalue weighted by Gasteiger charge is 2.43. The Morgan fingerprint density at radius 2 is 1.72 bits per heavy atom. The molecule has 5 rings (SSSR count). The molecule has 2 fully saturated rings.